The van der Waals surface area contributed by atoms with Gasteiger partial charge in [-0.3, -0.25) is 4.79 Å². The lowest BCUT2D eigenvalue weighted by Gasteiger charge is -1.87. The number of carbonyl (C=O) groups is 1. The van der Waals surface area contributed by atoms with Crippen LogP contribution in [-0.2, 0) is 0 Å². The van der Waals surface area contributed by atoms with E-state index in [1.165, 1.54) is 11.3 Å². The van der Waals surface area contributed by atoms with E-state index in [4.69, 9.17) is 0 Å². The highest BCUT2D eigenvalue weighted by atomic mass is 79.9. The van der Waals surface area contributed by atoms with E-state index in [0.29, 0.717) is 6.42 Å². The Balaban J connectivity index is 2.81. The van der Waals surface area contributed by atoms with Crippen LogP contribution in [0.5, 0.6) is 0 Å². The summed E-state index contributed by atoms with van der Waals surface area (Å²) < 4.78 is 1.87. The van der Waals surface area contributed by atoms with Gasteiger partial charge in [-0.25, -0.2) is 0 Å². The summed E-state index contributed by atoms with van der Waals surface area (Å²) in [6.07, 6.45) is 0.301. The molecule has 13 heavy (non-hydrogen) atoms. The number of halogens is 2. The molecule has 0 saturated heterocycles. The van der Waals surface area contributed by atoms with E-state index in [9.17, 15) is 4.79 Å². The lowest BCUT2D eigenvalue weighted by Crippen LogP contribution is -1.92. The molecule has 0 unspecified atom stereocenters. The van der Waals surface area contributed by atoms with Crippen LogP contribution in [0.3, 0.4) is 0 Å². The van der Waals surface area contributed by atoms with Crippen LogP contribution in [0.25, 0.3) is 0 Å². The Bertz CT molecular complexity index is 365. The van der Waals surface area contributed by atoms with Crippen molar-refractivity contribution in [2.45, 2.75) is 13.3 Å². The smallest absolute Gasteiger partial charge is 0.184 e. The summed E-state index contributed by atoms with van der Waals surface area (Å²) in [6, 6.07) is 1.81. The van der Waals surface area contributed by atoms with Crippen LogP contribution in [0.2, 0.25) is 0 Å². The van der Waals surface area contributed by atoms with Crippen LogP contribution in [0.1, 0.15) is 23.0 Å². The van der Waals surface area contributed by atoms with Crippen molar-refractivity contribution in [1.29, 1.82) is 0 Å². The van der Waals surface area contributed by atoms with Gasteiger partial charge in [0.25, 0.3) is 0 Å². The SMILES string of the molecule is CC#CCC(=O)c1cc(Br)c(Br)s1. The van der Waals surface area contributed by atoms with Gasteiger partial charge >= 0.3 is 0 Å². The molecular weight excluding hydrogens is 316 g/mol. The van der Waals surface area contributed by atoms with Crippen molar-refractivity contribution >= 4 is 49.0 Å². The molecular formula is C9H6Br2OS. The number of ketones is 1. The summed E-state index contributed by atoms with van der Waals surface area (Å²) in [5, 5.41) is 0. The zero-order valence-electron chi connectivity index (χ0n) is 6.86. The van der Waals surface area contributed by atoms with Gasteiger partial charge in [0.15, 0.2) is 5.78 Å². The normalized spacial score (nSPS) is 9.15. The first kappa shape index (κ1) is 11.0. The van der Waals surface area contributed by atoms with E-state index in [-0.39, 0.29) is 5.78 Å². The van der Waals surface area contributed by atoms with E-state index in [1.54, 1.807) is 6.92 Å². The molecule has 0 aliphatic rings. The van der Waals surface area contributed by atoms with E-state index in [2.05, 4.69) is 43.7 Å². The third kappa shape index (κ3) is 2.94. The van der Waals surface area contributed by atoms with Crippen LogP contribution in [0, 0.1) is 11.8 Å². The molecule has 1 rings (SSSR count). The zero-order chi connectivity index (χ0) is 9.84. The van der Waals surface area contributed by atoms with Crippen LogP contribution < -0.4 is 0 Å². The maximum atomic E-state index is 11.4. The summed E-state index contributed by atoms with van der Waals surface area (Å²) in [5.41, 5.74) is 0. The highest BCUT2D eigenvalue weighted by Gasteiger charge is 2.10. The average Bonchev–Trinajstić information content (AvgIpc) is 2.43. The first-order chi connectivity index (χ1) is 6.15. The van der Waals surface area contributed by atoms with Crippen molar-refractivity contribution in [3.63, 3.8) is 0 Å². The van der Waals surface area contributed by atoms with Crippen molar-refractivity contribution in [2.75, 3.05) is 0 Å². The topological polar surface area (TPSA) is 17.1 Å². The molecule has 0 saturated carbocycles. The summed E-state index contributed by atoms with van der Waals surface area (Å²) in [4.78, 5) is 12.2. The molecule has 1 heterocycles. The number of hydrogen-bond acceptors (Lipinski definition) is 2. The molecule has 0 spiro atoms. The minimum Gasteiger partial charge on any atom is -0.292 e. The summed E-state index contributed by atoms with van der Waals surface area (Å²) in [7, 11) is 0. The van der Waals surface area contributed by atoms with E-state index >= 15 is 0 Å². The molecule has 0 aliphatic heterocycles. The fourth-order valence-corrected chi connectivity index (χ4v) is 2.71. The summed E-state index contributed by atoms with van der Waals surface area (Å²) in [6.45, 7) is 1.73. The molecule has 68 valence electrons. The number of Topliss-reactive ketones (excluding diaryl/α,β-unsaturated/α-hetero) is 1. The van der Waals surface area contributed by atoms with Gasteiger partial charge in [-0.05, 0) is 44.8 Å². The monoisotopic (exact) mass is 320 g/mol. The van der Waals surface area contributed by atoms with E-state index < -0.39 is 0 Å². The van der Waals surface area contributed by atoms with Crippen molar-refractivity contribution < 1.29 is 4.79 Å². The van der Waals surface area contributed by atoms with Crippen molar-refractivity contribution in [1.82, 2.24) is 0 Å². The van der Waals surface area contributed by atoms with Gasteiger partial charge in [-0.2, -0.15) is 0 Å². The quantitative estimate of drug-likeness (QED) is 0.597. The molecule has 1 aromatic rings. The highest BCUT2D eigenvalue weighted by molar-refractivity contribution is 9.13. The van der Waals surface area contributed by atoms with Gasteiger partial charge in [-0.15, -0.1) is 17.3 Å². The summed E-state index contributed by atoms with van der Waals surface area (Å²) in [5.74, 6) is 5.53. The number of thiophene rings is 1. The Kier molecular flexibility index (Phi) is 4.17. The Hall–Kier alpha value is -0.110. The maximum Gasteiger partial charge on any atom is 0.184 e. The molecule has 0 atom stereocenters. The van der Waals surface area contributed by atoms with Gasteiger partial charge in [0, 0.05) is 4.47 Å². The van der Waals surface area contributed by atoms with Crippen molar-refractivity contribution in [2.24, 2.45) is 0 Å². The molecule has 0 aliphatic carbocycles. The second-order valence-corrected chi connectivity index (χ2v) is 5.48. The molecule has 0 radical (unpaired) electrons. The fourth-order valence-electron chi connectivity index (χ4n) is 0.740. The Morgan fingerprint density at radius 2 is 2.31 bits per heavy atom. The lowest BCUT2D eigenvalue weighted by atomic mass is 10.2. The summed E-state index contributed by atoms with van der Waals surface area (Å²) >= 11 is 8.09. The molecule has 1 aromatic heterocycles. The van der Waals surface area contributed by atoms with Crippen LogP contribution in [0.4, 0.5) is 0 Å². The van der Waals surface area contributed by atoms with Crippen molar-refractivity contribution in [3.8, 4) is 11.8 Å². The Morgan fingerprint density at radius 1 is 1.62 bits per heavy atom. The average molecular weight is 322 g/mol. The van der Waals surface area contributed by atoms with Crippen molar-refractivity contribution in [3.05, 3.63) is 19.2 Å². The zero-order valence-corrected chi connectivity index (χ0v) is 10.8. The third-order valence-corrected chi connectivity index (χ3v) is 4.64. The standard InChI is InChI=1S/C9H6Br2OS/c1-2-3-4-7(12)8-5-6(10)9(11)13-8/h5H,4H2,1H3. The minimum atomic E-state index is 0.0748. The van der Waals surface area contributed by atoms with E-state index in [1.807, 2.05) is 6.07 Å². The second-order valence-electron chi connectivity index (χ2n) is 2.26. The van der Waals surface area contributed by atoms with Gasteiger partial charge in [0.2, 0.25) is 0 Å². The molecule has 1 nitrogen and oxygen atoms in total. The van der Waals surface area contributed by atoms with Crippen LogP contribution in [-0.4, -0.2) is 5.78 Å². The van der Waals surface area contributed by atoms with Gasteiger partial charge in [0.1, 0.15) is 0 Å². The first-order valence-corrected chi connectivity index (χ1v) is 5.93. The van der Waals surface area contributed by atoms with Gasteiger partial charge < -0.3 is 0 Å². The largest absolute Gasteiger partial charge is 0.292 e. The molecule has 0 aromatic carbocycles. The first-order valence-electron chi connectivity index (χ1n) is 3.52. The Morgan fingerprint density at radius 3 is 2.77 bits per heavy atom. The molecule has 0 fully saturated rings. The van der Waals surface area contributed by atoms with Crippen LogP contribution >= 0.6 is 43.2 Å². The molecule has 0 bridgehead atoms. The number of rotatable bonds is 2. The molecule has 0 N–H and O–H groups in total. The van der Waals surface area contributed by atoms with E-state index in [0.717, 1.165) is 13.1 Å². The Labute approximate surface area is 97.8 Å². The lowest BCUT2D eigenvalue weighted by molar-refractivity contribution is 0.100. The van der Waals surface area contributed by atoms with Gasteiger partial charge in [-0.1, -0.05) is 5.92 Å². The third-order valence-electron chi connectivity index (χ3n) is 1.35. The predicted molar refractivity (Wildman–Crippen MR) is 62.1 cm³/mol. The second kappa shape index (κ2) is 4.94. The molecule has 4 heteroatoms. The predicted octanol–water partition coefficient (Wildman–Crippen LogP) is 3.87. The maximum absolute atomic E-state index is 11.4. The minimum absolute atomic E-state index is 0.0748. The van der Waals surface area contributed by atoms with Crippen LogP contribution in [0.15, 0.2) is 14.3 Å². The van der Waals surface area contributed by atoms with Gasteiger partial charge in [0.05, 0.1) is 15.1 Å². The number of carbonyl (C=O) groups excluding carboxylic acids is 1. The highest BCUT2D eigenvalue weighted by Crippen LogP contribution is 2.32. The fraction of sp³-hybridized carbons (Fsp3) is 0.222. The number of hydrogen-bond donors (Lipinski definition) is 0. The molecule has 0 amide bonds.